The lowest BCUT2D eigenvalue weighted by atomic mass is 10.0. The minimum Gasteiger partial charge on any atom is -0.493 e. The predicted octanol–water partition coefficient (Wildman–Crippen LogP) is 3.10. The average Bonchev–Trinajstić information content (AvgIpc) is 2.51. The van der Waals surface area contributed by atoms with E-state index in [4.69, 9.17) is 9.47 Å². The largest absolute Gasteiger partial charge is 0.493 e. The first-order valence-corrected chi connectivity index (χ1v) is 7.77. The van der Waals surface area contributed by atoms with Gasteiger partial charge < -0.3 is 14.4 Å². The van der Waals surface area contributed by atoms with Crippen molar-refractivity contribution in [3.63, 3.8) is 0 Å². The van der Waals surface area contributed by atoms with Crippen LogP contribution in [0, 0.1) is 16.0 Å². The summed E-state index contributed by atoms with van der Waals surface area (Å²) in [6.45, 7) is 6.28. The maximum absolute atomic E-state index is 10.8. The second-order valence-electron chi connectivity index (χ2n) is 5.84. The first-order chi connectivity index (χ1) is 10.6. The number of piperidine rings is 1. The van der Waals surface area contributed by atoms with Gasteiger partial charge in [0.25, 0.3) is 0 Å². The van der Waals surface area contributed by atoms with Gasteiger partial charge in [-0.05, 0) is 37.8 Å². The molecule has 6 heteroatoms. The van der Waals surface area contributed by atoms with Crippen LogP contribution in [0.15, 0.2) is 18.2 Å². The Morgan fingerprint density at radius 3 is 2.95 bits per heavy atom. The van der Waals surface area contributed by atoms with Crippen molar-refractivity contribution in [3.05, 3.63) is 28.3 Å². The Labute approximate surface area is 131 Å². The van der Waals surface area contributed by atoms with E-state index >= 15 is 0 Å². The number of ether oxygens (including phenoxy) is 2. The number of nitro groups is 1. The lowest BCUT2D eigenvalue weighted by Crippen LogP contribution is -2.35. The molecule has 1 saturated heterocycles. The molecule has 1 aromatic rings. The van der Waals surface area contributed by atoms with Gasteiger partial charge >= 0.3 is 5.69 Å². The first-order valence-electron chi connectivity index (χ1n) is 7.77. The highest BCUT2D eigenvalue weighted by molar-refractivity contribution is 5.50. The van der Waals surface area contributed by atoms with Gasteiger partial charge in [-0.1, -0.05) is 6.92 Å². The second-order valence-corrected chi connectivity index (χ2v) is 5.84. The summed E-state index contributed by atoms with van der Waals surface area (Å²) in [5.41, 5.74) is -0.0443. The molecule has 122 valence electrons. The molecule has 1 aliphatic heterocycles. The standard InChI is InChI=1S/C16H24N2O4/c1-13-5-3-8-17(12-13)9-4-10-22-14-6-7-15(18(19)20)16(11-14)21-2/h6-7,11,13H,3-5,8-10,12H2,1-2H3. The quantitative estimate of drug-likeness (QED) is 0.440. The molecule has 0 aliphatic carbocycles. The van der Waals surface area contributed by atoms with Gasteiger partial charge in [0, 0.05) is 25.2 Å². The average molecular weight is 308 g/mol. The molecule has 0 bridgehead atoms. The van der Waals surface area contributed by atoms with Gasteiger partial charge in [-0.2, -0.15) is 0 Å². The van der Waals surface area contributed by atoms with Crippen molar-refractivity contribution in [2.75, 3.05) is 33.4 Å². The van der Waals surface area contributed by atoms with Crippen LogP contribution in [0.5, 0.6) is 11.5 Å². The molecule has 1 atom stereocenters. The van der Waals surface area contributed by atoms with Gasteiger partial charge in [0.2, 0.25) is 5.75 Å². The predicted molar refractivity (Wildman–Crippen MR) is 84.6 cm³/mol. The van der Waals surface area contributed by atoms with Crippen molar-refractivity contribution in [3.8, 4) is 11.5 Å². The molecule has 1 fully saturated rings. The molecular weight excluding hydrogens is 284 g/mol. The number of likely N-dealkylation sites (tertiary alicyclic amines) is 1. The molecular formula is C16H24N2O4. The Kier molecular flexibility index (Phi) is 6.00. The zero-order chi connectivity index (χ0) is 15.9. The normalized spacial score (nSPS) is 18.9. The number of nitrogens with zero attached hydrogens (tertiary/aromatic N) is 2. The van der Waals surface area contributed by atoms with E-state index in [1.54, 1.807) is 12.1 Å². The van der Waals surface area contributed by atoms with Crippen molar-refractivity contribution in [1.82, 2.24) is 4.90 Å². The van der Waals surface area contributed by atoms with E-state index in [0.717, 1.165) is 18.9 Å². The Morgan fingerprint density at radius 2 is 2.27 bits per heavy atom. The number of hydrogen-bond acceptors (Lipinski definition) is 5. The number of hydrogen-bond donors (Lipinski definition) is 0. The van der Waals surface area contributed by atoms with Crippen LogP contribution >= 0.6 is 0 Å². The van der Waals surface area contributed by atoms with E-state index in [9.17, 15) is 10.1 Å². The fraction of sp³-hybridized carbons (Fsp3) is 0.625. The third-order valence-corrected chi connectivity index (χ3v) is 3.98. The molecule has 0 spiro atoms. The summed E-state index contributed by atoms with van der Waals surface area (Å²) in [7, 11) is 1.42. The van der Waals surface area contributed by atoms with Gasteiger partial charge in [-0.25, -0.2) is 0 Å². The Bertz CT molecular complexity index is 507. The molecule has 6 nitrogen and oxygen atoms in total. The minimum absolute atomic E-state index is 0.0443. The minimum atomic E-state index is -0.458. The molecule has 1 aliphatic rings. The van der Waals surface area contributed by atoms with E-state index in [1.807, 2.05) is 0 Å². The lowest BCUT2D eigenvalue weighted by molar-refractivity contribution is -0.385. The monoisotopic (exact) mass is 308 g/mol. The maximum Gasteiger partial charge on any atom is 0.311 e. The highest BCUT2D eigenvalue weighted by Gasteiger charge is 2.16. The zero-order valence-electron chi connectivity index (χ0n) is 13.3. The van der Waals surface area contributed by atoms with Crippen LogP contribution < -0.4 is 9.47 Å². The van der Waals surface area contributed by atoms with Crippen LogP contribution in [0.25, 0.3) is 0 Å². The van der Waals surface area contributed by atoms with Gasteiger partial charge in [0.1, 0.15) is 5.75 Å². The molecule has 22 heavy (non-hydrogen) atoms. The topological polar surface area (TPSA) is 64.8 Å². The van der Waals surface area contributed by atoms with E-state index < -0.39 is 4.92 Å². The molecule has 0 saturated carbocycles. The van der Waals surface area contributed by atoms with Gasteiger partial charge in [-0.15, -0.1) is 0 Å². The van der Waals surface area contributed by atoms with E-state index in [0.29, 0.717) is 12.4 Å². The molecule has 0 aromatic heterocycles. The fourth-order valence-corrected chi connectivity index (χ4v) is 2.87. The van der Waals surface area contributed by atoms with Crippen LogP contribution in [-0.2, 0) is 0 Å². The number of nitro benzene ring substituents is 1. The molecule has 1 aromatic carbocycles. The van der Waals surface area contributed by atoms with Crippen LogP contribution in [0.1, 0.15) is 26.2 Å². The number of rotatable bonds is 7. The van der Waals surface area contributed by atoms with Crippen molar-refractivity contribution in [2.45, 2.75) is 26.2 Å². The second kappa shape index (κ2) is 7.98. The van der Waals surface area contributed by atoms with Crippen molar-refractivity contribution >= 4 is 5.69 Å². The van der Waals surface area contributed by atoms with E-state index in [1.165, 1.54) is 39.1 Å². The summed E-state index contributed by atoms with van der Waals surface area (Å²) in [6, 6.07) is 4.60. The molecule has 1 heterocycles. The van der Waals surface area contributed by atoms with Crippen molar-refractivity contribution in [2.24, 2.45) is 5.92 Å². The van der Waals surface area contributed by atoms with Crippen LogP contribution in [0.4, 0.5) is 5.69 Å². The highest BCUT2D eigenvalue weighted by Crippen LogP contribution is 2.30. The SMILES string of the molecule is COc1cc(OCCCN2CCCC(C)C2)ccc1[N+](=O)[O-]. The highest BCUT2D eigenvalue weighted by atomic mass is 16.6. The zero-order valence-corrected chi connectivity index (χ0v) is 13.3. The summed E-state index contributed by atoms with van der Waals surface area (Å²) in [4.78, 5) is 12.9. The van der Waals surface area contributed by atoms with Gasteiger partial charge in [-0.3, -0.25) is 10.1 Å². The first kappa shape index (κ1) is 16.5. The van der Waals surface area contributed by atoms with Gasteiger partial charge in [0.15, 0.2) is 0 Å². The van der Waals surface area contributed by atoms with E-state index in [2.05, 4.69) is 11.8 Å². The summed E-state index contributed by atoms with van der Waals surface area (Å²) >= 11 is 0. The molecule has 0 amide bonds. The van der Waals surface area contributed by atoms with Crippen molar-refractivity contribution in [1.29, 1.82) is 0 Å². The summed E-state index contributed by atoms with van der Waals surface area (Å²) in [6.07, 6.45) is 3.56. The molecule has 0 N–H and O–H groups in total. The smallest absolute Gasteiger partial charge is 0.311 e. The number of benzene rings is 1. The van der Waals surface area contributed by atoms with Crippen LogP contribution in [0.3, 0.4) is 0 Å². The van der Waals surface area contributed by atoms with E-state index in [-0.39, 0.29) is 11.4 Å². The summed E-state index contributed by atoms with van der Waals surface area (Å²) < 4.78 is 10.7. The Hall–Kier alpha value is -1.82. The fourth-order valence-electron chi connectivity index (χ4n) is 2.87. The molecule has 1 unspecified atom stereocenters. The number of methoxy groups -OCH3 is 1. The lowest BCUT2D eigenvalue weighted by Gasteiger charge is -2.30. The summed E-state index contributed by atoms with van der Waals surface area (Å²) in [5, 5.41) is 10.8. The van der Waals surface area contributed by atoms with Gasteiger partial charge in [0.05, 0.1) is 18.6 Å². The third kappa shape index (κ3) is 4.59. The van der Waals surface area contributed by atoms with Crippen LogP contribution in [-0.4, -0.2) is 43.2 Å². The summed E-state index contributed by atoms with van der Waals surface area (Å²) in [5.74, 6) is 1.62. The molecule has 0 radical (unpaired) electrons. The Morgan fingerprint density at radius 1 is 1.45 bits per heavy atom. The molecule has 2 rings (SSSR count). The maximum atomic E-state index is 10.8. The third-order valence-electron chi connectivity index (χ3n) is 3.98. The van der Waals surface area contributed by atoms with Crippen LogP contribution in [0.2, 0.25) is 0 Å². The van der Waals surface area contributed by atoms with Crippen molar-refractivity contribution < 1.29 is 14.4 Å². The Balaban J connectivity index is 1.78.